The minimum atomic E-state index is 0.383. The van der Waals surface area contributed by atoms with Crippen molar-refractivity contribution < 1.29 is 0 Å². The molecule has 0 saturated heterocycles. The number of hydrogen-bond donors (Lipinski definition) is 0. The summed E-state index contributed by atoms with van der Waals surface area (Å²) in [5.41, 5.74) is 3.27. The van der Waals surface area contributed by atoms with Crippen LogP contribution in [0.2, 0.25) is 10.2 Å². The Labute approximate surface area is 175 Å². The van der Waals surface area contributed by atoms with E-state index in [1.165, 1.54) is 0 Å². The smallest absolute Gasteiger partial charge is 0.161 e. The topological polar surface area (TPSA) is 25.8 Å². The molecule has 2 nitrogen and oxygen atoms in total. The predicted octanol–water partition coefficient (Wildman–Crippen LogP) is 6.77. The third kappa shape index (κ3) is 3.99. The fourth-order valence-corrected chi connectivity index (χ4v) is 3.45. The third-order valence-electron chi connectivity index (χ3n) is 3.94. The molecule has 0 saturated carbocycles. The number of fused-ring (bicyclic) bond motifs is 1. The summed E-state index contributed by atoms with van der Waals surface area (Å²) in [5, 5.41) is 1.79. The van der Waals surface area contributed by atoms with Crippen molar-refractivity contribution in [3.05, 3.63) is 92.5 Å². The Morgan fingerprint density at radius 3 is 2.30 bits per heavy atom. The summed E-state index contributed by atoms with van der Waals surface area (Å²) in [6.45, 7) is 0. The molecule has 4 rings (SSSR count). The van der Waals surface area contributed by atoms with Crippen LogP contribution in [-0.2, 0) is 0 Å². The molecule has 0 aliphatic heterocycles. The molecular formula is C22H11BrCl2N2. The lowest BCUT2D eigenvalue weighted by Gasteiger charge is -2.07. The number of halogens is 3. The molecule has 0 atom stereocenters. The molecule has 0 amide bonds. The Morgan fingerprint density at radius 2 is 1.56 bits per heavy atom. The first-order valence-corrected chi connectivity index (χ1v) is 9.65. The highest BCUT2D eigenvalue weighted by molar-refractivity contribution is 9.10. The molecule has 0 aliphatic rings. The standard InChI is InChI=1S/C22H11BrCl2N2/c23-17-12-16(7-6-14-4-2-1-3-5-14)20-19(13-17)21(25)27-22(26-20)15-8-10-18(24)11-9-15/h1-5,8-13H. The molecule has 0 unspecified atom stereocenters. The second-order valence-corrected chi connectivity index (χ2v) is 7.52. The summed E-state index contributed by atoms with van der Waals surface area (Å²) in [6, 6.07) is 21.0. The van der Waals surface area contributed by atoms with E-state index in [2.05, 4.69) is 32.8 Å². The van der Waals surface area contributed by atoms with Crippen LogP contribution in [0.15, 0.2) is 71.2 Å². The first kappa shape index (κ1) is 18.0. The molecule has 3 aromatic carbocycles. The Hall–Kier alpha value is -2.38. The summed E-state index contributed by atoms with van der Waals surface area (Å²) >= 11 is 16.0. The quantitative estimate of drug-likeness (QED) is 0.235. The second kappa shape index (κ2) is 7.70. The molecule has 27 heavy (non-hydrogen) atoms. The van der Waals surface area contributed by atoms with Crippen LogP contribution in [-0.4, -0.2) is 9.97 Å². The van der Waals surface area contributed by atoms with Gasteiger partial charge in [0.2, 0.25) is 0 Å². The van der Waals surface area contributed by atoms with Gasteiger partial charge in [0, 0.05) is 26.0 Å². The van der Waals surface area contributed by atoms with E-state index in [1.54, 1.807) is 12.1 Å². The Balaban J connectivity index is 1.91. The largest absolute Gasteiger partial charge is 0.227 e. The van der Waals surface area contributed by atoms with E-state index in [-0.39, 0.29) is 0 Å². The van der Waals surface area contributed by atoms with Crippen molar-refractivity contribution in [1.82, 2.24) is 9.97 Å². The van der Waals surface area contributed by atoms with Crippen molar-refractivity contribution in [1.29, 1.82) is 0 Å². The Morgan fingerprint density at radius 1 is 0.815 bits per heavy atom. The maximum atomic E-state index is 6.46. The molecule has 0 N–H and O–H groups in total. The van der Waals surface area contributed by atoms with Gasteiger partial charge in [-0.1, -0.05) is 69.2 Å². The highest BCUT2D eigenvalue weighted by Gasteiger charge is 2.12. The van der Waals surface area contributed by atoms with Gasteiger partial charge in [0.25, 0.3) is 0 Å². The van der Waals surface area contributed by atoms with E-state index in [0.717, 1.165) is 26.5 Å². The molecule has 1 aromatic heterocycles. The fourth-order valence-electron chi connectivity index (χ4n) is 2.65. The van der Waals surface area contributed by atoms with E-state index in [4.69, 9.17) is 28.2 Å². The Kier molecular flexibility index (Phi) is 5.13. The average Bonchev–Trinajstić information content (AvgIpc) is 2.68. The van der Waals surface area contributed by atoms with Crippen LogP contribution >= 0.6 is 39.1 Å². The fraction of sp³-hybridized carbons (Fsp3) is 0. The zero-order valence-electron chi connectivity index (χ0n) is 13.9. The number of hydrogen-bond acceptors (Lipinski definition) is 2. The zero-order chi connectivity index (χ0) is 18.8. The van der Waals surface area contributed by atoms with Gasteiger partial charge >= 0.3 is 0 Å². The molecular weight excluding hydrogens is 443 g/mol. The van der Waals surface area contributed by atoms with E-state index in [1.807, 2.05) is 54.6 Å². The van der Waals surface area contributed by atoms with E-state index in [9.17, 15) is 0 Å². The van der Waals surface area contributed by atoms with Crippen molar-refractivity contribution in [2.24, 2.45) is 0 Å². The summed E-state index contributed by atoms with van der Waals surface area (Å²) < 4.78 is 0.872. The Bertz CT molecular complexity index is 1190. The maximum Gasteiger partial charge on any atom is 0.161 e. The van der Waals surface area contributed by atoms with Crippen LogP contribution < -0.4 is 0 Å². The van der Waals surface area contributed by atoms with Gasteiger partial charge < -0.3 is 0 Å². The lowest BCUT2D eigenvalue weighted by molar-refractivity contribution is 1.22. The lowest BCUT2D eigenvalue weighted by atomic mass is 10.1. The van der Waals surface area contributed by atoms with Crippen molar-refractivity contribution in [3.8, 4) is 23.2 Å². The first-order chi connectivity index (χ1) is 13.1. The van der Waals surface area contributed by atoms with Crippen molar-refractivity contribution >= 4 is 50.0 Å². The molecule has 0 spiro atoms. The van der Waals surface area contributed by atoms with E-state index < -0.39 is 0 Å². The highest BCUT2D eigenvalue weighted by Crippen LogP contribution is 2.30. The van der Waals surface area contributed by atoms with Crippen LogP contribution in [0.1, 0.15) is 11.1 Å². The van der Waals surface area contributed by atoms with Gasteiger partial charge in [-0.15, -0.1) is 0 Å². The molecule has 0 radical (unpaired) electrons. The molecule has 130 valence electrons. The van der Waals surface area contributed by atoms with Crippen molar-refractivity contribution in [2.75, 3.05) is 0 Å². The summed E-state index contributed by atoms with van der Waals surface area (Å²) in [7, 11) is 0. The summed E-state index contributed by atoms with van der Waals surface area (Å²) in [4.78, 5) is 9.17. The van der Waals surface area contributed by atoms with Gasteiger partial charge in [-0.3, -0.25) is 0 Å². The number of aromatic nitrogens is 2. The predicted molar refractivity (Wildman–Crippen MR) is 115 cm³/mol. The number of nitrogens with zero attached hydrogens (tertiary/aromatic N) is 2. The van der Waals surface area contributed by atoms with Crippen molar-refractivity contribution in [2.45, 2.75) is 0 Å². The van der Waals surface area contributed by atoms with Gasteiger partial charge in [-0.25, -0.2) is 9.97 Å². The van der Waals surface area contributed by atoms with Gasteiger partial charge in [0.1, 0.15) is 5.15 Å². The number of benzene rings is 3. The molecule has 0 fully saturated rings. The van der Waals surface area contributed by atoms with E-state index >= 15 is 0 Å². The molecule has 0 bridgehead atoms. The first-order valence-electron chi connectivity index (χ1n) is 8.10. The van der Waals surface area contributed by atoms with Gasteiger partial charge in [0.05, 0.1) is 11.1 Å². The number of rotatable bonds is 1. The highest BCUT2D eigenvalue weighted by atomic mass is 79.9. The normalized spacial score (nSPS) is 10.5. The molecule has 1 heterocycles. The maximum absolute atomic E-state index is 6.46. The minimum absolute atomic E-state index is 0.383. The third-order valence-corrected chi connectivity index (χ3v) is 4.93. The SMILES string of the molecule is Clc1ccc(-c2nc(Cl)c3cc(Br)cc(C#Cc4ccccc4)c3n2)cc1. The zero-order valence-corrected chi connectivity index (χ0v) is 17.0. The van der Waals surface area contributed by atoms with Gasteiger partial charge in [-0.2, -0.15) is 0 Å². The molecule has 0 aliphatic carbocycles. The summed E-state index contributed by atoms with van der Waals surface area (Å²) in [5.74, 6) is 6.92. The van der Waals surface area contributed by atoms with Gasteiger partial charge in [0.15, 0.2) is 5.82 Å². The van der Waals surface area contributed by atoms with Crippen LogP contribution in [0.5, 0.6) is 0 Å². The van der Waals surface area contributed by atoms with E-state index in [0.29, 0.717) is 21.5 Å². The summed E-state index contributed by atoms with van der Waals surface area (Å²) in [6.07, 6.45) is 0. The lowest BCUT2D eigenvalue weighted by Crippen LogP contribution is -1.94. The van der Waals surface area contributed by atoms with Crippen LogP contribution in [0.25, 0.3) is 22.3 Å². The molecule has 5 heteroatoms. The van der Waals surface area contributed by atoms with Crippen LogP contribution in [0, 0.1) is 11.8 Å². The van der Waals surface area contributed by atoms with Crippen molar-refractivity contribution in [3.63, 3.8) is 0 Å². The van der Waals surface area contributed by atoms with Gasteiger partial charge in [-0.05, 0) is 48.5 Å². The molecule has 4 aromatic rings. The monoisotopic (exact) mass is 452 g/mol. The minimum Gasteiger partial charge on any atom is -0.227 e. The second-order valence-electron chi connectivity index (χ2n) is 5.81. The average molecular weight is 454 g/mol. The van der Waals surface area contributed by atoms with Crippen LogP contribution in [0.4, 0.5) is 0 Å². The van der Waals surface area contributed by atoms with Crippen LogP contribution in [0.3, 0.4) is 0 Å².